The van der Waals surface area contributed by atoms with Crippen molar-refractivity contribution in [1.82, 2.24) is 4.90 Å². The van der Waals surface area contributed by atoms with Gasteiger partial charge in [0.2, 0.25) is 0 Å². The first-order chi connectivity index (χ1) is 6.76. The van der Waals surface area contributed by atoms with E-state index in [0.717, 1.165) is 6.42 Å². The number of amides is 1. The van der Waals surface area contributed by atoms with E-state index in [9.17, 15) is 4.79 Å². The average Bonchev–Trinajstić information content (AvgIpc) is 1.99. The summed E-state index contributed by atoms with van der Waals surface area (Å²) in [6, 6.07) is 0. The molecule has 0 aliphatic carbocycles. The maximum atomic E-state index is 11.6. The summed E-state index contributed by atoms with van der Waals surface area (Å²) in [6.07, 6.45) is 0.395. The summed E-state index contributed by atoms with van der Waals surface area (Å²) in [5, 5.41) is 7.16. The van der Waals surface area contributed by atoms with E-state index in [1.54, 1.807) is 0 Å². The van der Waals surface area contributed by atoms with Crippen molar-refractivity contribution >= 4 is 11.9 Å². The molecule has 0 rings (SSSR count). The van der Waals surface area contributed by atoms with E-state index in [-0.39, 0.29) is 12.4 Å². The first-order valence-electron chi connectivity index (χ1n) is 5.07. The Balaban J connectivity index is 4.35. The zero-order valence-electron chi connectivity index (χ0n) is 9.96. The van der Waals surface area contributed by atoms with Crippen LogP contribution in [0.15, 0.2) is 0 Å². The Morgan fingerprint density at radius 2 is 2.00 bits per heavy atom. The maximum absolute atomic E-state index is 11.6. The standard InChI is InChI=1S/C10H21N3O2/c1-5-6-13(7-8(11)12)9(14)15-10(2,3)4/h5-7H2,1-4H3,(H3,11,12). The van der Waals surface area contributed by atoms with Crippen LogP contribution in [0.25, 0.3) is 0 Å². The van der Waals surface area contributed by atoms with Gasteiger partial charge in [-0.15, -0.1) is 0 Å². The van der Waals surface area contributed by atoms with Gasteiger partial charge >= 0.3 is 6.09 Å². The molecule has 0 unspecified atom stereocenters. The van der Waals surface area contributed by atoms with E-state index < -0.39 is 11.7 Å². The van der Waals surface area contributed by atoms with Crippen LogP contribution in [0.3, 0.4) is 0 Å². The molecule has 1 amide bonds. The number of ether oxygens (including phenoxy) is 1. The molecule has 0 aromatic heterocycles. The van der Waals surface area contributed by atoms with Crippen LogP contribution in [0.5, 0.6) is 0 Å². The minimum Gasteiger partial charge on any atom is -0.444 e. The van der Waals surface area contributed by atoms with Gasteiger partial charge < -0.3 is 15.4 Å². The van der Waals surface area contributed by atoms with Gasteiger partial charge in [0.1, 0.15) is 11.4 Å². The maximum Gasteiger partial charge on any atom is 0.410 e. The highest BCUT2D eigenvalue weighted by Crippen LogP contribution is 2.09. The summed E-state index contributed by atoms with van der Waals surface area (Å²) >= 11 is 0. The molecular formula is C10H21N3O2. The summed E-state index contributed by atoms with van der Waals surface area (Å²) < 4.78 is 5.19. The normalized spacial score (nSPS) is 10.9. The minimum atomic E-state index is -0.514. The second-order valence-electron chi connectivity index (χ2n) is 4.43. The number of rotatable bonds is 4. The molecule has 0 saturated heterocycles. The summed E-state index contributed by atoms with van der Waals surface area (Å²) in [5.74, 6) is -0.0330. The van der Waals surface area contributed by atoms with Crippen molar-refractivity contribution in [2.75, 3.05) is 13.1 Å². The molecule has 0 aliphatic rings. The van der Waals surface area contributed by atoms with Gasteiger partial charge in [0.25, 0.3) is 0 Å². The van der Waals surface area contributed by atoms with Crippen molar-refractivity contribution in [2.45, 2.75) is 39.7 Å². The lowest BCUT2D eigenvalue weighted by atomic mass is 10.2. The van der Waals surface area contributed by atoms with E-state index in [2.05, 4.69) is 0 Å². The van der Waals surface area contributed by atoms with Crippen LogP contribution in [-0.2, 0) is 4.74 Å². The molecule has 0 aromatic carbocycles. The van der Waals surface area contributed by atoms with Crippen molar-refractivity contribution in [3.63, 3.8) is 0 Å². The SMILES string of the molecule is CCCN(CC(=N)N)C(=O)OC(C)(C)C. The van der Waals surface area contributed by atoms with Crippen molar-refractivity contribution in [3.05, 3.63) is 0 Å². The number of carbonyl (C=O) groups excluding carboxylic acids is 1. The van der Waals surface area contributed by atoms with Gasteiger partial charge in [-0.3, -0.25) is 5.41 Å². The molecule has 5 nitrogen and oxygen atoms in total. The van der Waals surface area contributed by atoms with Gasteiger partial charge in [-0.2, -0.15) is 0 Å². The Bertz CT molecular complexity index is 233. The fourth-order valence-electron chi connectivity index (χ4n) is 1.04. The van der Waals surface area contributed by atoms with Crippen LogP contribution in [0.1, 0.15) is 34.1 Å². The van der Waals surface area contributed by atoms with Crippen LogP contribution in [0, 0.1) is 5.41 Å². The molecule has 0 aromatic rings. The third-order valence-electron chi connectivity index (χ3n) is 1.51. The number of amidine groups is 1. The first kappa shape index (κ1) is 13.7. The van der Waals surface area contributed by atoms with Gasteiger partial charge in [0, 0.05) is 6.54 Å². The van der Waals surface area contributed by atoms with Gasteiger partial charge in [0.05, 0.1) is 6.54 Å². The van der Waals surface area contributed by atoms with Crippen molar-refractivity contribution in [2.24, 2.45) is 5.73 Å². The van der Waals surface area contributed by atoms with E-state index in [4.69, 9.17) is 15.9 Å². The molecule has 0 bridgehead atoms. The molecule has 0 heterocycles. The Labute approximate surface area is 91.1 Å². The number of nitrogens with zero attached hydrogens (tertiary/aromatic N) is 1. The van der Waals surface area contributed by atoms with Gasteiger partial charge in [-0.25, -0.2) is 4.79 Å². The number of nitrogens with one attached hydrogen (secondary N) is 1. The lowest BCUT2D eigenvalue weighted by Gasteiger charge is -2.26. The van der Waals surface area contributed by atoms with Gasteiger partial charge in [0.15, 0.2) is 0 Å². The summed E-state index contributed by atoms with van der Waals surface area (Å²) in [7, 11) is 0. The fourth-order valence-corrected chi connectivity index (χ4v) is 1.04. The number of hydrogen-bond donors (Lipinski definition) is 2. The molecule has 0 spiro atoms. The third kappa shape index (κ3) is 6.76. The Morgan fingerprint density at radius 1 is 1.47 bits per heavy atom. The topological polar surface area (TPSA) is 79.4 Å². The third-order valence-corrected chi connectivity index (χ3v) is 1.51. The van der Waals surface area contributed by atoms with Crippen LogP contribution in [-0.4, -0.2) is 35.5 Å². The predicted molar refractivity (Wildman–Crippen MR) is 60.0 cm³/mol. The predicted octanol–water partition coefficient (Wildman–Crippen LogP) is 1.57. The molecule has 0 atom stereocenters. The van der Waals surface area contributed by atoms with Crippen LogP contribution < -0.4 is 5.73 Å². The smallest absolute Gasteiger partial charge is 0.410 e. The van der Waals surface area contributed by atoms with Crippen LogP contribution in [0.2, 0.25) is 0 Å². The average molecular weight is 215 g/mol. The summed E-state index contributed by atoms with van der Waals surface area (Å²) in [4.78, 5) is 13.1. The first-order valence-corrected chi connectivity index (χ1v) is 5.07. The van der Waals surface area contributed by atoms with Crippen LogP contribution >= 0.6 is 0 Å². The summed E-state index contributed by atoms with van der Waals surface area (Å²) in [6.45, 7) is 8.06. The van der Waals surface area contributed by atoms with E-state index in [1.165, 1.54) is 4.90 Å². The molecule has 15 heavy (non-hydrogen) atoms. The molecule has 3 N–H and O–H groups in total. The molecule has 0 aliphatic heterocycles. The highest BCUT2D eigenvalue weighted by molar-refractivity contribution is 5.83. The van der Waals surface area contributed by atoms with Crippen molar-refractivity contribution in [3.8, 4) is 0 Å². The molecular weight excluding hydrogens is 194 g/mol. The second-order valence-corrected chi connectivity index (χ2v) is 4.43. The second kappa shape index (κ2) is 5.58. The zero-order valence-corrected chi connectivity index (χ0v) is 9.96. The Morgan fingerprint density at radius 3 is 2.33 bits per heavy atom. The molecule has 0 radical (unpaired) electrons. The minimum absolute atomic E-state index is 0.0330. The fraction of sp³-hybridized carbons (Fsp3) is 0.800. The number of carbonyl (C=O) groups is 1. The zero-order chi connectivity index (χ0) is 12.1. The van der Waals surface area contributed by atoms with Crippen molar-refractivity contribution < 1.29 is 9.53 Å². The monoisotopic (exact) mass is 215 g/mol. The lowest BCUT2D eigenvalue weighted by molar-refractivity contribution is 0.0278. The van der Waals surface area contributed by atoms with E-state index in [1.807, 2.05) is 27.7 Å². The Hall–Kier alpha value is -1.26. The highest BCUT2D eigenvalue weighted by Gasteiger charge is 2.21. The molecule has 5 heteroatoms. The number of hydrogen-bond acceptors (Lipinski definition) is 3. The van der Waals surface area contributed by atoms with E-state index >= 15 is 0 Å². The molecule has 0 saturated carbocycles. The molecule has 88 valence electrons. The van der Waals surface area contributed by atoms with Gasteiger partial charge in [-0.1, -0.05) is 6.92 Å². The largest absolute Gasteiger partial charge is 0.444 e. The van der Waals surface area contributed by atoms with E-state index in [0.29, 0.717) is 6.54 Å². The van der Waals surface area contributed by atoms with Crippen molar-refractivity contribution in [1.29, 1.82) is 5.41 Å². The lowest BCUT2D eigenvalue weighted by Crippen LogP contribution is -2.41. The summed E-state index contributed by atoms with van der Waals surface area (Å²) in [5.41, 5.74) is 4.74. The highest BCUT2D eigenvalue weighted by atomic mass is 16.6. The number of nitrogens with two attached hydrogens (primary N) is 1. The quantitative estimate of drug-likeness (QED) is 0.552. The Kier molecular flexibility index (Phi) is 5.11. The molecule has 0 fully saturated rings. The van der Waals surface area contributed by atoms with Gasteiger partial charge in [-0.05, 0) is 27.2 Å². The van der Waals surface area contributed by atoms with Crippen LogP contribution in [0.4, 0.5) is 4.79 Å².